The van der Waals surface area contributed by atoms with Crippen LogP contribution in [-0.2, 0) is 19.1 Å². The first-order valence-electron chi connectivity index (χ1n) is 12.8. The summed E-state index contributed by atoms with van der Waals surface area (Å²) in [6.45, 7) is 4.42. The highest BCUT2D eigenvalue weighted by Gasteiger charge is 2.37. The second-order valence-electron chi connectivity index (χ2n) is 9.27. The highest BCUT2D eigenvalue weighted by molar-refractivity contribution is 5.93. The third-order valence-corrected chi connectivity index (χ3v) is 7.23. The molecule has 6 nitrogen and oxygen atoms in total. The Kier molecular flexibility index (Phi) is 8.28. The molecule has 1 aromatic rings. The zero-order chi connectivity index (χ0) is 25.7. The van der Waals surface area contributed by atoms with E-state index < -0.39 is 0 Å². The van der Waals surface area contributed by atoms with Crippen LogP contribution < -0.4 is 10.6 Å². The number of halogens is 1. The van der Waals surface area contributed by atoms with E-state index in [-0.39, 0.29) is 35.6 Å². The van der Waals surface area contributed by atoms with Crippen LogP contribution in [0.15, 0.2) is 71.1 Å². The van der Waals surface area contributed by atoms with E-state index in [0.29, 0.717) is 20.4 Å². The highest BCUT2D eigenvalue weighted by atomic mass is 19.1. The van der Waals surface area contributed by atoms with Gasteiger partial charge in [0.25, 0.3) is 0 Å². The number of rotatable bonds is 8. The molecule has 0 saturated heterocycles. The zero-order valence-corrected chi connectivity index (χ0v) is 21.2. The van der Waals surface area contributed by atoms with Gasteiger partial charge in [-0.05, 0) is 63.8 Å². The van der Waals surface area contributed by atoms with Gasteiger partial charge in [-0.2, -0.15) is 0 Å². The average molecular weight is 495 g/mol. The molecule has 6 aliphatic carbocycles. The summed E-state index contributed by atoms with van der Waals surface area (Å²) in [5.74, 6) is 0.224. The Bertz CT molecular complexity index is 1020. The SMILES string of the molecule is CCOC(=O)C1=C(Nc2ccc(NC3=C(C(=O)OCC)C4C=CC3CC4)cc2)C2C=CC1CC2.CF. The van der Waals surface area contributed by atoms with Crippen LogP contribution in [0.1, 0.15) is 39.5 Å². The van der Waals surface area contributed by atoms with Gasteiger partial charge in [-0.3, -0.25) is 4.39 Å². The molecule has 36 heavy (non-hydrogen) atoms. The van der Waals surface area contributed by atoms with Crippen molar-refractivity contribution in [2.45, 2.75) is 39.5 Å². The summed E-state index contributed by atoms with van der Waals surface area (Å²) in [5.41, 5.74) is 5.29. The van der Waals surface area contributed by atoms with Crippen LogP contribution in [0.4, 0.5) is 15.8 Å². The summed E-state index contributed by atoms with van der Waals surface area (Å²) in [6.07, 6.45) is 12.7. The van der Waals surface area contributed by atoms with E-state index in [1.807, 2.05) is 38.1 Å². The number of anilines is 2. The number of carbonyl (C=O) groups is 2. The number of hydrogen-bond donors (Lipinski definition) is 2. The van der Waals surface area contributed by atoms with Gasteiger partial charge in [0, 0.05) is 46.4 Å². The lowest BCUT2D eigenvalue weighted by molar-refractivity contribution is -0.140. The maximum Gasteiger partial charge on any atom is 0.336 e. The van der Waals surface area contributed by atoms with E-state index in [1.54, 1.807) is 0 Å². The Labute approximate surface area is 212 Å². The Hall–Kier alpha value is -3.35. The highest BCUT2D eigenvalue weighted by Crippen LogP contribution is 2.43. The number of allylic oxidation sites excluding steroid dienone is 4. The summed E-state index contributed by atoms with van der Waals surface area (Å²) >= 11 is 0. The smallest absolute Gasteiger partial charge is 0.336 e. The van der Waals surface area contributed by atoms with Gasteiger partial charge in [-0.1, -0.05) is 24.3 Å². The van der Waals surface area contributed by atoms with Crippen molar-refractivity contribution in [1.29, 1.82) is 0 Å². The summed E-state index contributed by atoms with van der Waals surface area (Å²) in [4.78, 5) is 25.3. The van der Waals surface area contributed by atoms with Gasteiger partial charge in [0.2, 0.25) is 0 Å². The fourth-order valence-corrected chi connectivity index (χ4v) is 5.61. The van der Waals surface area contributed by atoms with E-state index in [2.05, 4.69) is 34.9 Å². The molecule has 0 aromatic heterocycles. The number of alkyl halides is 1. The Morgan fingerprint density at radius 2 is 1.03 bits per heavy atom. The molecule has 7 rings (SSSR count). The minimum Gasteiger partial charge on any atom is -0.463 e. The molecule has 7 heteroatoms. The van der Waals surface area contributed by atoms with Crippen molar-refractivity contribution in [1.82, 2.24) is 0 Å². The second-order valence-corrected chi connectivity index (χ2v) is 9.27. The van der Waals surface area contributed by atoms with Crippen molar-refractivity contribution >= 4 is 23.3 Å². The van der Waals surface area contributed by atoms with Crippen molar-refractivity contribution < 1.29 is 23.5 Å². The molecule has 4 unspecified atom stereocenters. The molecule has 0 spiro atoms. The second kappa shape index (κ2) is 11.6. The predicted molar refractivity (Wildman–Crippen MR) is 139 cm³/mol. The number of fused-ring (bicyclic) bond motifs is 2. The molecule has 4 atom stereocenters. The van der Waals surface area contributed by atoms with Gasteiger partial charge in [-0.15, -0.1) is 0 Å². The van der Waals surface area contributed by atoms with E-state index >= 15 is 0 Å². The lowest BCUT2D eigenvalue weighted by atomic mass is 9.74. The molecule has 6 aliphatic rings. The van der Waals surface area contributed by atoms with E-state index in [4.69, 9.17) is 9.47 Å². The monoisotopic (exact) mass is 494 g/mol. The molecule has 192 valence electrons. The van der Waals surface area contributed by atoms with E-state index in [9.17, 15) is 14.0 Å². The Morgan fingerprint density at radius 3 is 1.33 bits per heavy atom. The number of ether oxygens (including phenoxy) is 2. The predicted octanol–water partition coefficient (Wildman–Crippen LogP) is 5.92. The molecule has 0 fully saturated rings. The van der Waals surface area contributed by atoms with Crippen LogP contribution >= 0.6 is 0 Å². The third-order valence-electron chi connectivity index (χ3n) is 7.23. The summed E-state index contributed by atoms with van der Waals surface area (Å²) < 4.78 is 20.2. The van der Waals surface area contributed by atoms with Gasteiger partial charge in [0.15, 0.2) is 0 Å². The lowest BCUT2D eigenvalue weighted by Crippen LogP contribution is -2.31. The zero-order valence-electron chi connectivity index (χ0n) is 21.2. The van der Waals surface area contributed by atoms with Crippen molar-refractivity contribution in [3.8, 4) is 0 Å². The number of esters is 2. The van der Waals surface area contributed by atoms with Crippen LogP contribution in [0.3, 0.4) is 0 Å². The maximum absolute atomic E-state index is 12.6. The van der Waals surface area contributed by atoms with Crippen LogP contribution in [0, 0.1) is 23.7 Å². The molecule has 0 radical (unpaired) electrons. The Morgan fingerprint density at radius 1 is 0.694 bits per heavy atom. The van der Waals surface area contributed by atoms with E-state index in [0.717, 1.165) is 59.6 Å². The fraction of sp³-hybridized carbons (Fsp3) is 0.448. The fourth-order valence-electron chi connectivity index (χ4n) is 5.61. The van der Waals surface area contributed by atoms with Crippen molar-refractivity contribution in [3.63, 3.8) is 0 Å². The molecule has 0 aliphatic heterocycles. The van der Waals surface area contributed by atoms with Crippen molar-refractivity contribution in [3.05, 3.63) is 71.1 Å². The molecule has 2 N–H and O–H groups in total. The number of benzene rings is 1. The van der Waals surface area contributed by atoms with Gasteiger partial charge >= 0.3 is 11.9 Å². The van der Waals surface area contributed by atoms with Crippen molar-refractivity contribution in [2.75, 3.05) is 31.0 Å². The first-order chi connectivity index (χ1) is 17.6. The quantitative estimate of drug-likeness (QED) is 0.345. The van der Waals surface area contributed by atoms with Crippen molar-refractivity contribution in [2.24, 2.45) is 23.7 Å². The van der Waals surface area contributed by atoms with Gasteiger partial charge < -0.3 is 20.1 Å². The number of carbonyl (C=O) groups excluding carboxylic acids is 2. The number of hydrogen-bond acceptors (Lipinski definition) is 6. The van der Waals surface area contributed by atoms with Crippen LogP contribution in [0.25, 0.3) is 0 Å². The van der Waals surface area contributed by atoms with Crippen LogP contribution in [0.2, 0.25) is 0 Å². The van der Waals surface area contributed by atoms with E-state index in [1.165, 1.54) is 0 Å². The molecular formula is C29H35FN2O4. The maximum atomic E-state index is 12.6. The standard InChI is InChI=1S/C28H32N2O4.CH3F/c1-3-33-27(31)23-17-5-9-19(10-6-17)25(23)29-21-13-15-22(16-14-21)30-26-20-11-7-18(8-12-20)24(26)28(32)34-4-2;1-2/h5,7,9,11,13-20,29-30H,3-4,6,8,10,12H2,1-2H3;1H3. The van der Waals surface area contributed by atoms with Crippen LogP contribution in [-0.4, -0.2) is 32.3 Å². The summed E-state index contributed by atoms with van der Waals surface area (Å²) in [7, 11) is 0.500. The molecule has 1 aromatic carbocycles. The lowest BCUT2D eigenvalue weighted by Gasteiger charge is -2.35. The van der Waals surface area contributed by atoms with Gasteiger partial charge in [0.05, 0.1) is 31.5 Å². The minimum atomic E-state index is -0.221. The van der Waals surface area contributed by atoms with Crippen LogP contribution in [0.5, 0.6) is 0 Å². The molecule has 0 saturated carbocycles. The molecule has 0 heterocycles. The third kappa shape index (κ3) is 5.11. The van der Waals surface area contributed by atoms with Gasteiger partial charge in [-0.25, -0.2) is 9.59 Å². The Balaban J connectivity index is 0.00000148. The average Bonchev–Trinajstić information content (AvgIpc) is 2.92. The molecule has 4 bridgehead atoms. The summed E-state index contributed by atoms with van der Waals surface area (Å²) in [6, 6.07) is 8.02. The first kappa shape index (κ1) is 25.7. The van der Waals surface area contributed by atoms with Gasteiger partial charge in [0.1, 0.15) is 0 Å². The molecular weight excluding hydrogens is 459 g/mol. The topological polar surface area (TPSA) is 76.7 Å². The first-order valence-corrected chi connectivity index (χ1v) is 12.8. The number of nitrogens with one attached hydrogen (secondary N) is 2. The summed E-state index contributed by atoms with van der Waals surface area (Å²) in [5, 5.41) is 7.01. The minimum absolute atomic E-state index is 0.121. The largest absolute Gasteiger partial charge is 0.463 e. The molecule has 0 amide bonds. The normalized spacial score (nSPS) is 25.3.